The molecule has 21 heavy (non-hydrogen) atoms. The molecule has 3 nitrogen and oxygen atoms in total. The van der Waals surface area contributed by atoms with Gasteiger partial charge in [-0.05, 0) is 24.1 Å². The van der Waals surface area contributed by atoms with Crippen LogP contribution in [0.25, 0.3) is 22.3 Å². The average Bonchev–Trinajstić information content (AvgIpc) is 2.81. The second-order valence-electron chi connectivity index (χ2n) is 4.96. The van der Waals surface area contributed by atoms with Crippen molar-refractivity contribution in [1.29, 1.82) is 0 Å². The van der Waals surface area contributed by atoms with Gasteiger partial charge in [-0.2, -0.15) is 0 Å². The molecular weight excluding hydrogens is 258 g/mol. The number of hydrogen-bond donors (Lipinski definition) is 0. The highest BCUT2D eigenvalue weighted by Gasteiger charge is 2.15. The molecule has 0 spiro atoms. The molecule has 1 aromatic carbocycles. The maximum Gasteiger partial charge on any atom is 0.160 e. The third kappa shape index (κ3) is 2.03. The lowest BCUT2D eigenvalue weighted by Gasteiger charge is -2.12. The SMILES string of the molecule is C1=CN=Cc2c(-c3ccccc3)nc3ncccc3c2C1. The van der Waals surface area contributed by atoms with Crippen molar-refractivity contribution in [2.45, 2.75) is 6.42 Å². The fraction of sp³-hybridized carbons (Fsp3) is 0.0556. The summed E-state index contributed by atoms with van der Waals surface area (Å²) in [5.41, 5.74) is 5.16. The van der Waals surface area contributed by atoms with E-state index in [4.69, 9.17) is 4.98 Å². The number of hydrogen-bond acceptors (Lipinski definition) is 3. The van der Waals surface area contributed by atoms with Crippen molar-refractivity contribution in [3.05, 3.63) is 72.1 Å². The normalized spacial score (nSPS) is 13.1. The van der Waals surface area contributed by atoms with Crippen molar-refractivity contribution in [3.8, 4) is 11.3 Å². The van der Waals surface area contributed by atoms with Crippen LogP contribution in [0.5, 0.6) is 0 Å². The predicted molar refractivity (Wildman–Crippen MR) is 85.4 cm³/mol. The number of benzene rings is 1. The molecule has 100 valence electrons. The van der Waals surface area contributed by atoms with Crippen molar-refractivity contribution in [3.63, 3.8) is 0 Å². The second kappa shape index (κ2) is 4.94. The van der Waals surface area contributed by atoms with Gasteiger partial charge >= 0.3 is 0 Å². The molecule has 1 aliphatic heterocycles. The fourth-order valence-corrected chi connectivity index (χ4v) is 2.70. The van der Waals surface area contributed by atoms with Gasteiger partial charge in [-0.3, -0.25) is 4.99 Å². The Bertz CT molecular complexity index is 864. The van der Waals surface area contributed by atoms with Gasteiger partial charge in [0.15, 0.2) is 5.65 Å². The van der Waals surface area contributed by atoms with E-state index in [1.807, 2.05) is 36.7 Å². The van der Waals surface area contributed by atoms with E-state index >= 15 is 0 Å². The molecule has 0 N–H and O–H groups in total. The monoisotopic (exact) mass is 271 g/mol. The molecule has 1 aliphatic rings. The number of fused-ring (bicyclic) bond motifs is 3. The number of nitrogens with zero attached hydrogens (tertiary/aromatic N) is 3. The summed E-state index contributed by atoms with van der Waals surface area (Å²) in [6.45, 7) is 0. The van der Waals surface area contributed by atoms with Crippen LogP contribution >= 0.6 is 0 Å². The minimum atomic E-state index is 0.791. The smallest absolute Gasteiger partial charge is 0.160 e. The largest absolute Gasteiger partial charge is 0.264 e. The number of rotatable bonds is 1. The summed E-state index contributed by atoms with van der Waals surface area (Å²) in [5.74, 6) is 0. The second-order valence-corrected chi connectivity index (χ2v) is 4.96. The molecule has 0 fully saturated rings. The lowest BCUT2D eigenvalue weighted by Crippen LogP contribution is -2.01. The highest BCUT2D eigenvalue weighted by molar-refractivity contribution is 5.98. The Hall–Kier alpha value is -2.81. The fourth-order valence-electron chi connectivity index (χ4n) is 2.70. The quantitative estimate of drug-likeness (QED) is 0.675. The third-order valence-electron chi connectivity index (χ3n) is 3.67. The zero-order chi connectivity index (χ0) is 14.1. The van der Waals surface area contributed by atoms with Crippen molar-refractivity contribution >= 4 is 17.2 Å². The Labute approximate surface area is 122 Å². The molecule has 0 aliphatic carbocycles. The van der Waals surface area contributed by atoms with E-state index in [-0.39, 0.29) is 0 Å². The average molecular weight is 271 g/mol. The first-order valence-corrected chi connectivity index (χ1v) is 6.95. The van der Waals surface area contributed by atoms with Gasteiger partial charge in [0.05, 0.1) is 5.69 Å². The predicted octanol–water partition coefficient (Wildman–Crippen LogP) is 3.79. The van der Waals surface area contributed by atoms with Crippen molar-refractivity contribution < 1.29 is 0 Å². The lowest BCUT2D eigenvalue weighted by atomic mass is 9.97. The first-order chi connectivity index (χ1) is 10.4. The summed E-state index contributed by atoms with van der Waals surface area (Å²) in [4.78, 5) is 13.5. The highest BCUT2D eigenvalue weighted by atomic mass is 14.9. The highest BCUT2D eigenvalue weighted by Crippen LogP contribution is 2.29. The number of allylic oxidation sites excluding steroid dienone is 1. The van der Waals surface area contributed by atoms with E-state index in [1.165, 1.54) is 5.56 Å². The summed E-state index contributed by atoms with van der Waals surface area (Å²) >= 11 is 0. The van der Waals surface area contributed by atoms with Crippen LogP contribution in [0.2, 0.25) is 0 Å². The number of aliphatic imine (C=N–C) groups is 1. The molecule has 4 rings (SSSR count). The van der Waals surface area contributed by atoms with Gasteiger partial charge < -0.3 is 0 Å². The van der Waals surface area contributed by atoms with Crippen LogP contribution in [0.15, 0.2) is 65.9 Å². The molecule has 0 unspecified atom stereocenters. The molecule has 3 aromatic rings. The summed E-state index contributed by atoms with van der Waals surface area (Å²) in [6, 6.07) is 14.2. The van der Waals surface area contributed by atoms with Crippen molar-refractivity contribution in [2.75, 3.05) is 0 Å². The zero-order valence-electron chi connectivity index (χ0n) is 11.4. The van der Waals surface area contributed by atoms with Crippen LogP contribution in [0.3, 0.4) is 0 Å². The van der Waals surface area contributed by atoms with Gasteiger partial charge in [-0.25, -0.2) is 9.97 Å². The van der Waals surface area contributed by atoms with Crippen LogP contribution in [-0.4, -0.2) is 16.2 Å². The van der Waals surface area contributed by atoms with E-state index in [1.54, 1.807) is 6.20 Å². The van der Waals surface area contributed by atoms with E-state index in [2.05, 4.69) is 34.3 Å². The van der Waals surface area contributed by atoms with Gasteiger partial charge in [-0.15, -0.1) is 0 Å². The minimum absolute atomic E-state index is 0.791. The zero-order valence-corrected chi connectivity index (χ0v) is 11.4. The molecule has 0 radical (unpaired) electrons. The first-order valence-electron chi connectivity index (χ1n) is 6.95. The van der Waals surface area contributed by atoms with Gasteiger partial charge in [0.25, 0.3) is 0 Å². The van der Waals surface area contributed by atoms with Crippen LogP contribution in [0.1, 0.15) is 11.1 Å². The van der Waals surface area contributed by atoms with E-state index in [9.17, 15) is 0 Å². The Morgan fingerprint density at radius 1 is 0.952 bits per heavy atom. The van der Waals surface area contributed by atoms with Crippen molar-refractivity contribution in [2.24, 2.45) is 4.99 Å². The maximum absolute atomic E-state index is 4.77. The van der Waals surface area contributed by atoms with Gasteiger partial charge in [0.1, 0.15) is 0 Å². The summed E-state index contributed by atoms with van der Waals surface area (Å²) in [5, 5.41) is 1.10. The molecule has 0 saturated heterocycles. The van der Waals surface area contributed by atoms with Crippen LogP contribution in [0.4, 0.5) is 0 Å². The number of pyridine rings is 2. The van der Waals surface area contributed by atoms with Crippen molar-refractivity contribution in [1.82, 2.24) is 9.97 Å². The minimum Gasteiger partial charge on any atom is -0.264 e. The van der Waals surface area contributed by atoms with E-state index < -0.39 is 0 Å². The third-order valence-corrected chi connectivity index (χ3v) is 3.67. The molecule has 3 heterocycles. The van der Waals surface area contributed by atoms with E-state index in [0.717, 1.165) is 34.3 Å². The Morgan fingerprint density at radius 2 is 1.86 bits per heavy atom. The van der Waals surface area contributed by atoms with Crippen LogP contribution in [-0.2, 0) is 6.42 Å². The molecule has 0 bridgehead atoms. The molecule has 0 atom stereocenters. The molecule has 2 aromatic heterocycles. The van der Waals surface area contributed by atoms with Crippen LogP contribution in [0, 0.1) is 0 Å². The molecule has 3 heteroatoms. The first kappa shape index (κ1) is 12.0. The Kier molecular flexibility index (Phi) is 2.82. The topological polar surface area (TPSA) is 38.1 Å². The maximum atomic E-state index is 4.77. The Morgan fingerprint density at radius 3 is 2.76 bits per heavy atom. The standard InChI is InChI=1S/C18H13N3/c1-2-6-13(7-3-1)17-16-12-19-10-4-8-14(16)15-9-5-11-20-18(15)21-17/h1-7,9-12H,8H2. The molecule has 0 amide bonds. The summed E-state index contributed by atoms with van der Waals surface area (Å²) in [6.07, 6.45) is 8.46. The summed E-state index contributed by atoms with van der Waals surface area (Å²) < 4.78 is 0. The van der Waals surface area contributed by atoms with Gasteiger partial charge in [0, 0.05) is 35.1 Å². The summed E-state index contributed by atoms with van der Waals surface area (Å²) in [7, 11) is 0. The van der Waals surface area contributed by atoms with Gasteiger partial charge in [0.2, 0.25) is 0 Å². The number of aromatic nitrogens is 2. The van der Waals surface area contributed by atoms with Crippen LogP contribution < -0.4 is 0 Å². The van der Waals surface area contributed by atoms with Gasteiger partial charge in [-0.1, -0.05) is 36.4 Å². The lowest BCUT2D eigenvalue weighted by molar-refractivity contribution is 1.22. The Balaban J connectivity index is 2.10. The van der Waals surface area contributed by atoms with E-state index in [0.29, 0.717) is 0 Å². The molecule has 0 saturated carbocycles. The molecular formula is C18H13N3.